The molecule has 0 spiro atoms. The monoisotopic (exact) mass is 401 g/mol. The van der Waals surface area contributed by atoms with Crippen LogP contribution < -0.4 is 14.8 Å². The second-order valence-electron chi connectivity index (χ2n) is 6.54. The molecule has 2 aromatic carbocycles. The number of nitrogens with zero attached hydrogens (tertiary/aromatic N) is 2. The highest BCUT2D eigenvalue weighted by molar-refractivity contribution is 5.92. The van der Waals surface area contributed by atoms with Gasteiger partial charge in [-0.25, -0.2) is 0 Å². The molecule has 0 saturated carbocycles. The summed E-state index contributed by atoms with van der Waals surface area (Å²) in [7, 11) is 1.56. The van der Waals surface area contributed by atoms with E-state index in [-0.39, 0.29) is 31.5 Å². The largest absolute Gasteiger partial charge is 0.497 e. The van der Waals surface area contributed by atoms with Gasteiger partial charge in [-0.1, -0.05) is 13.0 Å². The Morgan fingerprint density at radius 3 is 2.90 bits per heavy atom. The van der Waals surface area contributed by atoms with E-state index in [2.05, 4.69) is 5.32 Å². The molecule has 9 heteroatoms. The molecule has 2 aromatic rings. The first-order valence-corrected chi connectivity index (χ1v) is 9.17. The van der Waals surface area contributed by atoms with Crippen LogP contribution in [0.4, 0.5) is 11.4 Å². The zero-order valence-electron chi connectivity index (χ0n) is 16.3. The zero-order valence-corrected chi connectivity index (χ0v) is 16.3. The number of fused-ring (bicyclic) bond motifs is 1. The number of anilines is 1. The molecule has 1 aliphatic heterocycles. The number of non-ortho nitro benzene ring substituents is 1. The van der Waals surface area contributed by atoms with Crippen LogP contribution in [0.2, 0.25) is 0 Å². The van der Waals surface area contributed by atoms with Gasteiger partial charge in [-0.05, 0) is 18.7 Å². The molecule has 154 valence electrons. The lowest BCUT2D eigenvalue weighted by Gasteiger charge is -2.24. The highest BCUT2D eigenvalue weighted by atomic mass is 16.7. The number of hydrogen-bond donors (Lipinski definition) is 1. The van der Waals surface area contributed by atoms with Gasteiger partial charge >= 0.3 is 0 Å². The van der Waals surface area contributed by atoms with Gasteiger partial charge in [-0.15, -0.1) is 0 Å². The van der Waals surface area contributed by atoms with Crippen molar-refractivity contribution in [2.75, 3.05) is 32.3 Å². The molecular formula is C20H23N3O6. The number of carbonyl (C=O) groups is 1. The first-order valence-electron chi connectivity index (χ1n) is 9.17. The average molecular weight is 401 g/mol. The predicted octanol–water partition coefficient (Wildman–Crippen LogP) is 2.93. The molecule has 0 aromatic heterocycles. The lowest BCUT2D eigenvalue weighted by atomic mass is 10.1. The van der Waals surface area contributed by atoms with Crippen LogP contribution in [0.5, 0.6) is 11.5 Å². The van der Waals surface area contributed by atoms with E-state index in [1.165, 1.54) is 12.1 Å². The number of hydrogen-bond acceptors (Lipinski definition) is 7. The number of carbonyl (C=O) groups excluding carboxylic acids is 1. The SMILES string of the molecule is CCN(CC(=O)Nc1cccc(OC)c1)Cc1cc([N+](=O)[O-])cc2c1OCOC2. The van der Waals surface area contributed by atoms with Crippen molar-refractivity contribution in [1.82, 2.24) is 4.90 Å². The second kappa shape index (κ2) is 9.35. The average Bonchev–Trinajstić information content (AvgIpc) is 2.73. The summed E-state index contributed by atoms with van der Waals surface area (Å²) in [5.74, 6) is 1.05. The van der Waals surface area contributed by atoms with Gasteiger partial charge in [0.15, 0.2) is 6.79 Å². The Morgan fingerprint density at radius 2 is 2.17 bits per heavy atom. The van der Waals surface area contributed by atoms with Crippen molar-refractivity contribution >= 4 is 17.3 Å². The summed E-state index contributed by atoms with van der Waals surface area (Å²) in [4.78, 5) is 25.2. The number of benzene rings is 2. The lowest BCUT2D eigenvalue weighted by molar-refractivity contribution is -0.385. The normalized spacial score (nSPS) is 12.8. The number of rotatable bonds is 8. The maximum atomic E-state index is 12.5. The minimum atomic E-state index is -0.440. The maximum Gasteiger partial charge on any atom is 0.270 e. The van der Waals surface area contributed by atoms with Crippen LogP contribution in [0.15, 0.2) is 36.4 Å². The van der Waals surface area contributed by atoms with Crippen molar-refractivity contribution in [2.24, 2.45) is 0 Å². The number of amides is 1. The molecule has 1 heterocycles. The van der Waals surface area contributed by atoms with Gasteiger partial charge in [0.1, 0.15) is 11.5 Å². The topological polar surface area (TPSA) is 103 Å². The molecule has 0 aliphatic carbocycles. The van der Waals surface area contributed by atoms with E-state index in [0.29, 0.717) is 41.4 Å². The minimum Gasteiger partial charge on any atom is -0.497 e. The van der Waals surface area contributed by atoms with Gasteiger partial charge in [0, 0.05) is 41.6 Å². The van der Waals surface area contributed by atoms with Gasteiger partial charge in [0.2, 0.25) is 5.91 Å². The molecule has 1 aliphatic rings. The first kappa shape index (κ1) is 20.6. The van der Waals surface area contributed by atoms with Crippen molar-refractivity contribution in [3.8, 4) is 11.5 Å². The molecule has 0 atom stereocenters. The van der Waals surface area contributed by atoms with Gasteiger partial charge in [-0.2, -0.15) is 0 Å². The lowest BCUT2D eigenvalue weighted by Crippen LogP contribution is -2.33. The molecule has 1 N–H and O–H groups in total. The molecule has 1 amide bonds. The van der Waals surface area contributed by atoms with Crippen LogP contribution in [-0.4, -0.2) is 42.7 Å². The van der Waals surface area contributed by atoms with Crippen LogP contribution in [-0.2, 0) is 22.7 Å². The number of nitro benzene ring substituents is 1. The maximum absolute atomic E-state index is 12.5. The molecule has 0 bridgehead atoms. The van der Waals surface area contributed by atoms with E-state index in [1.54, 1.807) is 31.4 Å². The Balaban J connectivity index is 1.73. The predicted molar refractivity (Wildman–Crippen MR) is 106 cm³/mol. The Bertz CT molecular complexity index is 902. The quantitative estimate of drug-likeness (QED) is 0.536. The van der Waals surface area contributed by atoms with Gasteiger partial charge < -0.3 is 19.5 Å². The van der Waals surface area contributed by atoms with Crippen LogP contribution in [0, 0.1) is 10.1 Å². The van der Waals surface area contributed by atoms with E-state index in [9.17, 15) is 14.9 Å². The van der Waals surface area contributed by atoms with Crippen molar-refractivity contribution in [3.05, 3.63) is 57.6 Å². The summed E-state index contributed by atoms with van der Waals surface area (Å²) in [5, 5.41) is 14.1. The standard InChI is InChI=1S/C20H23N3O6/c1-3-22(11-19(24)21-16-5-4-6-18(9-16)27-2)10-14-7-17(23(25)26)8-15-12-28-13-29-20(14)15/h4-9H,3,10-13H2,1-2H3,(H,21,24). The van der Waals surface area contributed by atoms with Crippen LogP contribution in [0.25, 0.3) is 0 Å². The van der Waals surface area contributed by atoms with Gasteiger partial charge in [0.05, 0.1) is 25.2 Å². The van der Waals surface area contributed by atoms with Gasteiger partial charge in [0.25, 0.3) is 5.69 Å². The van der Waals surface area contributed by atoms with Crippen molar-refractivity contribution in [2.45, 2.75) is 20.1 Å². The number of ether oxygens (including phenoxy) is 3. The van der Waals surface area contributed by atoms with E-state index >= 15 is 0 Å². The smallest absolute Gasteiger partial charge is 0.270 e. The van der Waals surface area contributed by atoms with Crippen molar-refractivity contribution < 1.29 is 23.9 Å². The third-order valence-electron chi connectivity index (χ3n) is 4.54. The Hall–Kier alpha value is -3.17. The summed E-state index contributed by atoms with van der Waals surface area (Å²) in [5.41, 5.74) is 1.91. The molecule has 0 unspecified atom stereocenters. The fourth-order valence-corrected chi connectivity index (χ4v) is 3.13. The van der Waals surface area contributed by atoms with Crippen LogP contribution in [0.1, 0.15) is 18.1 Å². The zero-order chi connectivity index (χ0) is 20.8. The summed E-state index contributed by atoms with van der Waals surface area (Å²) in [6.45, 7) is 3.33. The Morgan fingerprint density at radius 1 is 1.34 bits per heavy atom. The summed E-state index contributed by atoms with van der Waals surface area (Å²) in [6, 6.07) is 10.1. The molecule has 0 fully saturated rings. The first-order chi connectivity index (χ1) is 14.0. The van der Waals surface area contributed by atoms with Crippen LogP contribution in [0.3, 0.4) is 0 Å². The second-order valence-corrected chi connectivity index (χ2v) is 6.54. The minimum absolute atomic E-state index is 0.0234. The molecule has 29 heavy (non-hydrogen) atoms. The Labute approximate surface area is 168 Å². The summed E-state index contributed by atoms with van der Waals surface area (Å²) < 4.78 is 16.0. The number of methoxy groups -OCH3 is 1. The fraction of sp³-hybridized carbons (Fsp3) is 0.350. The van der Waals surface area contributed by atoms with E-state index < -0.39 is 4.92 Å². The molecule has 0 saturated heterocycles. The van der Waals surface area contributed by atoms with Crippen molar-refractivity contribution in [3.63, 3.8) is 0 Å². The number of nitrogens with one attached hydrogen (secondary N) is 1. The highest BCUT2D eigenvalue weighted by Crippen LogP contribution is 2.33. The molecule has 9 nitrogen and oxygen atoms in total. The van der Waals surface area contributed by atoms with Gasteiger partial charge in [-0.3, -0.25) is 19.8 Å². The summed E-state index contributed by atoms with van der Waals surface area (Å²) >= 11 is 0. The summed E-state index contributed by atoms with van der Waals surface area (Å²) in [6.07, 6.45) is 0. The van der Waals surface area contributed by atoms with Crippen LogP contribution >= 0.6 is 0 Å². The van der Waals surface area contributed by atoms with Crippen molar-refractivity contribution in [1.29, 1.82) is 0 Å². The number of nitro groups is 1. The third-order valence-corrected chi connectivity index (χ3v) is 4.54. The fourth-order valence-electron chi connectivity index (χ4n) is 3.13. The Kier molecular flexibility index (Phi) is 6.63. The van der Waals surface area contributed by atoms with E-state index in [1.807, 2.05) is 11.8 Å². The molecule has 0 radical (unpaired) electrons. The highest BCUT2D eigenvalue weighted by Gasteiger charge is 2.22. The van der Waals surface area contributed by atoms with E-state index in [0.717, 1.165) is 0 Å². The number of likely N-dealkylation sites (N-methyl/N-ethyl adjacent to an activating group) is 1. The third kappa shape index (κ3) is 5.21. The molecular weight excluding hydrogens is 378 g/mol. The van der Waals surface area contributed by atoms with E-state index in [4.69, 9.17) is 14.2 Å². The molecule has 3 rings (SSSR count).